The predicted molar refractivity (Wildman–Crippen MR) is 103 cm³/mol. The highest BCUT2D eigenvalue weighted by atomic mass is 16.2. The van der Waals surface area contributed by atoms with Crippen LogP contribution in [0, 0.1) is 13.8 Å². The molecule has 140 valence electrons. The Labute approximate surface area is 158 Å². The van der Waals surface area contributed by atoms with E-state index in [1.54, 1.807) is 19.2 Å². The van der Waals surface area contributed by atoms with Gasteiger partial charge in [0.15, 0.2) is 0 Å². The average Bonchev–Trinajstić information content (AvgIpc) is 2.66. The zero-order valence-electron chi connectivity index (χ0n) is 15.8. The van der Waals surface area contributed by atoms with Crippen LogP contribution < -0.4 is 5.32 Å². The van der Waals surface area contributed by atoms with Crippen LogP contribution in [0.15, 0.2) is 42.5 Å². The van der Waals surface area contributed by atoms with Crippen LogP contribution in [0.3, 0.4) is 0 Å². The quantitative estimate of drug-likeness (QED) is 0.846. The highest BCUT2D eigenvalue weighted by Gasteiger charge is 2.30. The molecule has 27 heavy (non-hydrogen) atoms. The third-order valence-corrected chi connectivity index (χ3v) is 4.96. The molecule has 0 radical (unpaired) electrons. The fourth-order valence-corrected chi connectivity index (χ4v) is 2.99. The van der Waals surface area contributed by atoms with Crippen molar-refractivity contribution in [3.63, 3.8) is 0 Å². The fourth-order valence-electron chi connectivity index (χ4n) is 2.99. The molecule has 2 aromatic carbocycles. The summed E-state index contributed by atoms with van der Waals surface area (Å²) < 4.78 is 0. The third kappa shape index (κ3) is 4.00. The van der Waals surface area contributed by atoms with Crippen LogP contribution in [0.25, 0.3) is 0 Å². The van der Waals surface area contributed by atoms with Gasteiger partial charge in [-0.2, -0.15) is 0 Å². The van der Waals surface area contributed by atoms with Crippen molar-refractivity contribution in [1.82, 2.24) is 9.80 Å². The molecular weight excluding hydrogens is 342 g/mol. The molecule has 6 heteroatoms. The minimum atomic E-state index is -0.486. The van der Waals surface area contributed by atoms with E-state index in [2.05, 4.69) is 5.32 Å². The van der Waals surface area contributed by atoms with Gasteiger partial charge >= 0.3 is 11.8 Å². The molecule has 0 aliphatic carbocycles. The lowest BCUT2D eigenvalue weighted by Gasteiger charge is -2.31. The maximum absolute atomic E-state index is 12.5. The number of hydrogen-bond acceptors (Lipinski definition) is 3. The summed E-state index contributed by atoms with van der Waals surface area (Å²) in [6, 6.07) is 12.9. The van der Waals surface area contributed by atoms with E-state index in [-0.39, 0.29) is 5.91 Å². The molecule has 3 rings (SSSR count). The summed E-state index contributed by atoms with van der Waals surface area (Å²) in [5, 5.41) is 2.93. The van der Waals surface area contributed by atoms with Crippen LogP contribution >= 0.6 is 0 Å². The number of aryl methyl sites for hydroxylation is 1. The maximum atomic E-state index is 12.5. The summed E-state index contributed by atoms with van der Waals surface area (Å²) in [5.74, 6) is -1.15. The van der Waals surface area contributed by atoms with Gasteiger partial charge in [-0.05, 0) is 48.7 Å². The van der Waals surface area contributed by atoms with Crippen molar-refractivity contribution in [3.8, 4) is 0 Å². The number of carbonyl (C=O) groups excluding carboxylic acids is 3. The van der Waals surface area contributed by atoms with Crippen LogP contribution in [0.1, 0.15) is 27.0 Å². The normalized spacial score (nSPS) is 14.5. The molecule has 1 N–H and O–H groups in total. The number of benzene rings is 2. The topological polar surface area (TPSA) is 69.7 Å². The monoisotopic (exact) mass is 365 g/mol. The van der Waals surface area contributed by atoms with Gasteiger partial charge in [-0.25, -0.2) is 0 Å². The fraction of sp³-hybridized carbons (Fsp3) is 0.286. The first kappa shape index (κ1) is 18.6. The van der Waals surface area contributed by atoms with E-state index >= 15 is 0 Å². The number of hydrogen-bond donors (Lipinski definition) is 1. The molecule has 0 spiro atoms. The molecule has 0 aromatic heterocycles. The van der Waals surface area contributed by atoms with E-state index in [0.29, 0.717) is 25.2 Å². The van der Waals surface area contributed by atoms with Gasteiger partial charge in [-0.15, -0.1) is 0 Å². The third-order valence-electron chi connectivity index (χ3n) is 4.96. The summed E-state index contributed by atoms with van der Waals surface area (Å²) in [6.45, 7) is 5.38. The molecule has 1 fully saturated rings. The lowest BCUT2D eigenvalue weighted by Crippen LogP contribution is -2.52. The van der Waals surface area contributed by atoms with Crippen LogP contribution in [0.4, 0.5) is 5.69 Å². The van der Waals surface area contributed by atoms with Crippen LogP contribution in [-0.2, 0) is 16.1 Å². The van der Waals surface area contributed by atoms with Gasteiger partial charge in [0.1, 0.15) is 0 Å². The number of likely N-dealkylation sites (N-methyl/N-ethyl adjacent to an activating group) is 1. The summed E-state index contributed by atoms with van der Waals surface area (Å²) in [4.78, 5) is 39.3. The molecule has 1 saturated heterocycles. The van der Waals surface area contributed by atoms with Crippen molar-refractivity contribution in [2.75, 3.05) is 25.5 Å². The molecule has 2 aromatic rings. The first-order valence-electron chi connectivity index (χ1n) is 8.87. The van der Waals surface area contributed by atoms with Gasteiger partial charge < -0.3 is 15.1 Å². The highest BCUT2D eigenvalue weighted by Crippen LogP contribution is 2.19. The Balaban J connectivity index is 1.66. The summed E-state index contributed by atoms with van der Waals surface area (Å²) in [7, 11) is 1.63. The number of piperazine rings is 1. The number of rotatable bonds is 4. The summed E-state index contributed by atoms with van der Waals surface area (Å²) >= 11 is 0. The SMILES string of the molecule is Cc1cccc(NC(=O)c2ccc(CN3CCN(C)C(=O)C3=O)cc2)c1C. The molecular formula is C21H23N3O3. The van der Waals surface area contributed by atoms with Crippen molar-refractivity contribution >= 4 is 23.4 Å². The van der Waals surface area contributed by atoms with Crippen molar-refractivity contribution in [3.05, 3.63) is 64.7 Å². The van der Waals surface area contributed by atoms with E-state index in [4.69, 9.17) is 0 Å². The van der Waals surface area contributed by atoms with E-state index in [0.717, 1.165) is 22.4 Å². The second-order valence-corrected chi connectivity index (χ2v) is 6.85. The second-order valence-electron chi connectivity index (χ2n) is 6.85. The zero-order valence-corrected chi connectivity index (χ0v) is 15.8. The van der Waals surface area contributed by atoms with Crippen LogP contribution in [0.2, 0.25) is 0 Å². The lowest BCUT2D eigenvalue weighted by molar-refractivity contribution is -0.155. The maximum Gasteiger partial charge on any atom is 0.312 e. The number of nitrogens with one attached hydrogen (secondary N) is 1. The molecule has 3 amide bonds. The summed E-state index contributed by atoms with van der Waals surface area (Å²) in [6.07, 6.45) is 0. The largest absolute Gasteiger partial charge is 0.336 e. The minimum absolute atomic E-state index is 0.180. The first-order valence-corrected chi connectivity index (χ1v) is 8.87. The van der Waals surface area contributed by atoms with Crippen LogP contribution in [-0.4, -0.2) is 47.7 Å². The number of amides is 3. The van der Waals surface area contributed by atoms with Gasteiger partial charge in [-0.3, -0.25) is 14.4 Å². The molecule has 0 unspecified atom stereocenters. The average molecular weight is 365 g/mol. The second kappa shape index (κ2) is 7.61. The molecule has 1 aliphatic heterocycles. The Kier molecular flexibility index (Phi) is 5.26. The Morgan fingerprint density at radius 1 is 1.00 bits per heavy atom. The van der Waals surface area contributed by atoms with Crippen molar-refractivity contribution in [2.24, 2.45) is 0 Å². The van der Waals surface area contributed by atoms with E-state index in [1.165, 1.54) is 9.80 Å². The highest BCUT2D eigenvalue weighted by molar-refractivity contribution is 6.35. The molecule has 0 saturated carbocycles. The standard InChI is InChI=1S/C21H23N3O3/c1-14-5-4-6-18(15(14)2)22-19(25)17-9-7-16(8-10-17)13-24-12-11-23(3)20(26)21(24)27/h4-10H,11-13H2,1-3H3,(H,22,25). The number of nitrogens with zero attached hydrogens (tertiary/aromatic N) is 2. The van der Waals surface area contributed by atoms with Crippen LogP contribution in [0.5, 0.6) is 0 Å². The Hall–Kier alpha value is -3.15. The van der Waals surface area contributed by atoms with Gasteiger partial charge in [0.2, 0.25) is 0 Å². The molecule has 0 bridgehead atoms. The van der Waals surface area contributed by atoms with E-state index in [9.17, 15) is 14.4 Å². The first-order chi connectivity index (χ1) is 12.9. The zero-order chi connectivity index (χ0) is 19.6. The number of carbonyl (C=O) groups is 3. The van der Waals surface area contributed by atoms with Gasteiger partial charge in [0, 0.05) is 37.9 Å². The minimum Gasteiger partial charge on any atom is -0.336 e. The van der Waals surface area contributed by atoms with Crippen molar-refractivity contribution in [2.45, 2.75) is 20.4 Å². The number of anilines is 1. The van der Waals surface area contributed by atoms with E-state index < -0.39 is 11.8 Å². The molecule has 1 heterocycles. The van der Waals surface area contributed by atoms with Gasteiger partial charge in [0.05, 0.1) is 0 Å². The smallest absolute Gasteiger partial charge is 0.312 e. The summed E-state index contributed by atoms with van der Waals surface area (Å²) in [5.41, 5.74) is 4.38. The lowest BCUT2D eigenvalue weighted by atomic mass is 10.1. The van der Waals surface area contributed by atoms with Gasteiger partial charge in [-0.1, -0.05) is 24.3 Å². The van der Waals surface area contributed by atoms with Crippen molar-refractivity contribution in [1.29, 1.82) is 0 Å². The molecule has 1 aliphatic rings. The van der Waals surface area contributed by atoms with E-state index in [1.807, 2.05) is 44.2 Å². The Bertz CT molecular complexity index is 890. The Morgan fingerprint density at radius 2 is 1.70 bits per heavy atom. The Morgan fingerprint density at radius 3 is 2.41 bits per heavy atom. The van der Waals surface area contributed by atoms with Gasteiger partial charge in [0.25, 0.3) is 5.91 Å². The van der Waals surface area contributed by atoms with Crippen molar-refractivity contribution < 1.29 is 14.4 Å². The molecule has 6 nitrogen and oxygen atoms in total. The molecule has 0 atom stereocenters. The predicted octanol–water partition coefficient (Wildman–Crippen LogP) is 2.36.